The van der Waals surface area contributed by atoms with Crippen molar-refractivity contribution >= 4 is 5.69 Å². The van der Waals surface area contributed by atoms with Crippen LogP contribution in [0.25, 0.3) is 22.5 Å². The molecule has 0 aliphatic carbocycles. The van der Waals surface area contributed by atoms with Gasteiger partial charge in [0.1, 0.15) is 0 Å². The van der Waals surface area contributed by atoms with Crippen molar-refractivity contribution in [3.05, 3.63) is 66.5 Å². The summed E-state index contributed by atoms with van der Waals surface area (Å²) in [5, 5.41) is 3.18. The van der Waals surface area contributed by atoms with Crippen LogP contribution < -0.4 is 39.5 Å². The third kappa shape index (κ3) is 7.70. The number of anilines is 1. The molecule has 3 N–H and O–H groups in total. The number of pyridine rings is 2. The number of benzene rings is 2. The maximum atomic E-state index is 5.47. The number of aryl methyl sites for hydroxylation is 1. The van der Waals surface area contributed by atoms with E-state index in [0.717, 1.165) is 33.8 Å². The first kappa shape index (κ1) is 30.8. The Morgan fingerprint density at radius 1 is 0.610 bits per heavy atom. The SMILES string of the molecule is COc1cc(-c2ccc(C)cn2)cc(OC)c1OC.COc1cc(-c2ccc(NCCN)cn2)cc(OC)c1OC. The number of aromatic nitrogens is 2. The lowest BCUT2D eigenvalue weighted by molar-refractivity contribution is 0.324. The Morgan fingerprint density at radius 3 is 1.37 bits per heavy atom. The minimum absolute atomic E-state index is 0.565. The topological polar surface area (TPSA) is 119 Å². The van der Waals surface area contributed by atoms with Gasteiger partial charge in [-0.1, -0.05) is 6.07 Å². The molecule has 2 aromatic heterocycles. The van der Waals surface area contributed by atoms with Gasteiger partial charge in [0, 0.05) is 30.4 Å². The second kappa shape index (κ2) is 15.2. The maximum absolute atomic E-state index is 5.47. The lowest BCUT2D eigenvalue weighted by Gasteiger charge is -2.14. The van der Waals surface area contributed by atoms with Gasteiger partial charge in [-0.3, -0.25) is 9.97 Å². The number of hydrogen-bond acceptors (Lipinski definition) is 10. The summed E-state index contributed by atoms with van der Waals surface area (Å²) in [6.45, 7) is 3.30. The molecule has 4 aromatic rings. The fraction of sp³-hybridized carbons (Fsp3) is 0.290. The molecule has 41 heavy (non-hydrogen) atoms. The highest BCUT2D eigenvalue weighted by molar-refractivity contribution is 5.70. The van der Waals surface area contributed by atoms with Crippen LogP contribution in [0.15, 0.2) is 60.9 Å². The number of nitrogens with two attached hydrogens (primary N) is 1. The normalized spacial score (nSPS) is 10.1. The van der Waals surface area contributed by atoms with Crippen molar-refractivity contribution in [1.82, 2.24) is 9.97 Å². The van der Waals surface area contributed by atoms with E-state index in [9.17, 15) is 0 Å². The van der Waals surface area contributed by atoms with Crippen molar-refractivity contribution in [3.63, 3.8) is 0 Å². The molecular formula is C31H38N4O6. The van der Waals surface area contributed by atoms with Crippen LogP contribution in [-0.4, -0.2) is 65.7 Å². The number of hydrogen-bond donors (Lipinski definition) is 2. The van der Waals surface area contributed by atoms with E-state index in [1.807, 2.05) is 61.7 Å². The molecule has 2 heterocycles. The van der Waals surface area contributed by atoms with Crippen molar-refractivity contribution in [2.45, 2.75) is 6.92 Å². The van der Waals surface area contributed by atoms with Gasteiger partial charge in [-0.05, 0) is 55.0 Å². The number of nitrogens with zero attached hydrogens (tertiary/aromatic N) is 2. The van der Waals surface area contributed by atoms with E-state index in [1.54, 1.807) is 48.9 Å². The summed E-state index contributed by atoms with van der Waals surface area (Å²) < 4.78 is 32.0. The van der Waals surface area contributed by atoms with Gasteiger partial charge >= 0.3 is 0 Å². The van der Waals surface area contributed by atoms with Crippen LogP contribution >= 0.6 is 0 Å². The van der Waals surface area contributed by atoms with Crippen LogP contribution in [0.4, 0.5) is 5.69 Å². The molecule has 0 aliphatic heterocycles. The zero-order valence-corrected chi connectivity index (χ0v) is 24.6. The molecular weight excluding hydrogens is 524 g/mol. The van der Waals surface area contributed by atoms with E-state index in [-0.39, 0.29) is 0 Å². The van der Waals surface area contributed by atoms with E-state index in [4.69, 9.17) is 34.2 Å². The Kier molecular flexibility index (Phi) is 11.4. The molecule has 0 saturated heterocycles. The summed E-state index contributed by atoms with van der Waals surface area (Å²) in [6, 6.07) is 15.4. The lowest BCUT2D eigenvalue weighted by atomic mass is 10.1. The fourth-order valence-electron chi connectivity index (χ4n) is 3.98. The number of ether oxygens (including phenoxy) is 6. The molecule has 218 valence electrons. The van der Waals surface area contributed by atoms with Gasteiger partial charge in [-0.15, -0.1) is 0 Å². The van der Waals surface area contributed by atoms with Gasteiger partial charge in [0.2, 0.25) is 11.5 Å². The van der Waals surface area contributed by atoms with Gasteiger partial charge in [0.15, 0.2) is 23.0 Å². The quantitative estimate of drug-likeness (QED) is 0.252. The van der Waals surface area contributed by atoms with Crippen molar-refractivity contribution in [3.8, 4) is 57.0 Å². The minimum Gasteiger partial charge on any atom is -0.493 e. The van der Waals surface area contributed by atoms with E-state index in [1.165, 1.54) is 0 Å². The van der Waals surface area contributed by atoms with Crippen molar-refractivity contribution in [1.29, 1.82) is 0 Å². The molecule has 0 unspecified atom stereocenters. The zero-order valence-electron chi connectivity index (χ0n) is 24.6. The standard InChI is InChI=1S/C16H21N3O3.C15H17NO3/c1-20-14-8-11(9-15(21-2)16(14)22-3)13-5-4-12(10-19-13)18-7-6-17;1-10-5-6-12(16-9-10)11-7-13(17-2)15(19-4)14(8-11)18-3/h4-5,8-10,18H,6-7,17H2,1-3H3;5-9H,1-4H3. The summed E-state index contributed by atoms with van der Waals surface area (Å²) in [7, 11) is 9.55. The smallest absolute Gasteiger partial charge is 0.203 e. The number of rotatable bonds is 11. The van der Waals surface area contributed by atoms with Gasteiger partial charge in [-0.25, -0.2) is 0 Å². The second-order valence-electron chi connectivity index (χ2n) is 8.70. The predicted octanol–water partition coefficient (Wildman–Crippen LogP) is 5.23. The van der Waals surface area contributed by atoms with Crippen molar-refractivity contribution in [2.24, 2.45) is 5.73 Å². The maximum Gasteiger partial charge on any atom is 0.203 e. The van der Waals surface area contributed by atoms with E-state index < -0.39 is 0 Å². The fourth-order valence-corrected chi connectivity index (χ4v) is 3.98. The molecule has 0 spiro atoms. The van der Waals surface area contributed by atoms with E-state index in [2.05, 4.69) is 15.3 Å². The summed E-state index contributed by atoms with van der Waals surface area (Å²) in [4.78, 5) is 8.86. The highest BCUT2D eigenvalue weighted by Crippen LogP contribution is 2.41. The third-order valence-electron chi connectivity index (χ3n) is 6.07. The molecule has 2 aromatic carbocycles. The number of methoxy groups -OCH3 is 6. The van der Waals surface area contributed by atoms with Crippen LogP contribution in [0.3, 0.4) is 0 Å². The van der Waals surface area contributed by atoms with Gasteiger partial charge in [-0.2, -0.15) is 0 Å². The Balaban J connectivity index is 0.000000228. The first-order valence-corrected chi connectivity index (χ1v) is 12.9. The Labute approximate surface area is 241 Å². The molecule has 0 bridgehead atoms. The monoisotopic (exact) mass is 562 g/mol. The van der Waals surface area contributed by atoms with Crippen molar-refractivity contribution < 1.29 is 28.4 Å². The summed E-state index contributed by atoms with van der Waals surface area (Å²) in [5.74, 6) is 3.60. The molecule has 10 nitrogen and oxygen atoms in total. The van der Waals surface area contributed by atoms with Gasteiger partial charge < -0.3 is 39.5 Å². The molecule has 0 radical (unpaired) electrons. The number of nitrogens with one attached hydrogen (secondary N) is 1. The average molecular weight is 563 g/mol. The molecule has 0 amide bonds. The second-order valence-corrected chi connectivity index (χ2v) is 8.70. The molecule has 0 fully saturated rings. The molecule has 10 heteroatoms. The zero-order chi connectivity index (χ0) is 29.8. The van der Waals surface area contributed by atoms with Gasteiger partial charge in [0.25, 0.3) is 0 Å². The van der Waals surface area contributed by atoms with Crippen LogP contribution in [-0.2, 0) is 0 Å². The summed E-state index contributed by atoms with van der Waals surface area (Å²) in [5.41, 5.74) is 11.0. The summed E-state index contributed by atoms with van der Waals surface area (Å²) in [6.07, 6.45) is 3.60. The van der Waals surface area contributed by atoms with Crippen LogP contribution in [0.5, 0.6) is 34.5 Å². The van der Waals surface area contributed by atoms with E-state index >= 15 is 0 Å². The Bertz CT molecular complexity index is 1350. The summed E-state index contributed by atoms with van der Waals surface area (Å²) >= 11 is 0. The average Bonchev–Trinajstić information content (AvgIpc) is 3.03. The van der Waals surface area contributed by atoms with Crippen LogP contribution in [0, 0.1) is 6.92 Å². The first-order chi connectivity index (χ1) is 19.9. The van der Waals surface area contributed by atoms with E-state index in [0.29, 0.717) is 47.6 Å². The van der Waals surface area contributed by atoms with Crippen LogP contribution in [0.1, 0.15) is 5.56 Å². The largest absolute Gasteiger partial charge is 0.493 e. The third-order valence-corrected chi connectivity index (χ3v) is 6.07. The highest BCUT2D eigenvalue weighted by atomic mass is 16.5. The molecule has 0 saturated carbocycles. The molecule has 0 aliphatic rings. The molecule has 0 atom stereocenters. The Hall–Kier alpha value is -4.70. The van der Waals surface area contributed by atoms with Gasteiger partial charge in [0.05, 0.1) is 65.9 Å². The Morgan fingerprint density at radius 2 is 1.05 bits per heavy atom. The highest BCUT2D eigenvalue weighted by Gasteiger charge is 2.15. The van der Waals surface area contributed by atoms with Crippen molar-refractivity contribution in [2.75, 3.05) is 61.1 Å². The lowest BCUT2D eigenvalue weighted by Crippen LogP contribution is -2.13. The first-order valence-electron chi connectivity index (χ1n) is 12.9. The minimum atomic E-state index is 0.565. The predicted molar refractivity (Wildman–Crippen MR) is 161 cm³/mol. The molecule has 4 rings (SSSR count). The van der Waals surface area contributed by atoms with Crippen LogP contribution in [0.2, 0.25) is 0 Å².